The maximum absolute atomic E-state index is 11.9. The number of hydrogen-bond acceptors (Lipinski definition) is 3. The van der Waals surface area contributed by atoms with Crippen molar-refractivity contribution >= 4 is 29.3 Å². The van der Waals surface area contributed by atoms with E-state index in [0.29, 0.717) is 23.6 Å². The summed E-state index contributed by atoms with van der Waals surface area (Å²) in [6.45, 7) is 0. The summed E-state index contributed by atoms with van der Waals surface area (Å²) in [5.74, 6) is 2.15. The van der Waals surface area contributed by atoms with E-state index in [1.54, 1.807) is 0 Å². The van der Waals surface area contributed by atoms with Gasteiger partial charge in [0, 0.05) is 5.75 Å². The van der Waals surface area contributed by atoms with Crippen LogP contribution in [0.25, 0.3) is 0 Å². The third-order valence-corrected chi connectivity index (χ3v) is 6.49. The minimum atomic E-state index is -0.777. The molecule has 1 atom stereocenters. The van der Waals surface area contributed by atoms with Gasteiger partial charge in [-0.1, -0.05) is 36.9 Å². The van der Waals surface area contributed by atoms with Gasteiger partial charge in [0.1, 0.15) is 11.9 Å². The predicted octanol–water partition coefficient (Wildman–Crippen LogP) is 4.90. The molecule has 1 saturated heterocycles. The Hall–Kier alpha value is -0.870. The fourth-order valence-corrected chi connectivity index (χ4v) is 4.92. The summed E-state index contributed by atoms with van der Waals surface area (Å²) in [6, 6.07) is 5.57. The highest BCUT2D eigenvalue weighted by Gasteiger charge is 2.41. The van der Waals surface area contributed by atoms with Gasteiger partial charge in [-0.25, -0.2) is 0 Å². The topological polar surface area (TPSA) is 46.5 Å². The van der Waals surface area contributed by atoms with Gasteiger partial charge in [-0.3, -0.25) is 4.79 Å². The van der Waals surface area contributed by atoms with E-state index in [4.69, 9.17) is 16.3 Å². The Kier molecular flexibility index (Phi) is 5.42. The molecule has 1 saturated carbocycles. The summed E-state index contributed by atoms with van der Waals surface area (Å²) in [5.41, 5.74) is 0.0428. The quantitative estimate of drug-likeness (QED) is 0.835. The van der Waals surface area contributed by atoms with Crippen LogP contribution in [0.4, 0.5) is 0 Å². The average molecular weight is 355 g/mol. The van der Waals surface area contributed by atoms with Crippen LogP contribution in [0.15, 0.2) is 18.2 Å². The summed E-state index contributed by atoms with van der Waals surface area (Å²) in [7, 11) is 0. The molecule has 0 spiro atoms. The van der Waals surface area contributed by atoms with Crippen molar-refractivity contribution in [1.82, 2.24) is 0 Å². The molecule has 1 aliphatic heterocycles. The van der Waals surface area contributed by atoms with Crippen molar-refractivity contribution in [2.24, 2.45) is 0 Å². The smallest absolute Gasteiger partial charge is 0.314 e. The second-order valence-electron chi connectivity index (χ2n) is 6.55. The van der Waals surface area contributed by atoms with E-state index in [-0.39, 0.29) is 6.10 Å². The van der Waals surface area contributed by atoms with Crippen LogP contribution in [0.1, 0.15) is 50.5 Å². The molecule has 3 rings (SSSR count). The van der Waals surface area contributed by atoms with Crippen molar-refractivity contribution in [2.75, 3.05) is 11.5 Å². The lowest BCUT2D eigenvalue weighted by Gasteiger charge is -2.34. The lowest BCUT2D eigenvalue weighted by molar-refractivity contribution is -0.145. The van der Waals surface area contributed by atoms with Crippen LogP contribution in [0.3, 0.4) is 0 Å². The highest BCUT2D eigenvalue weighted by atomic mass is 35.5. The van der Waals surface area contributed by atoms with Gasteiger partial charge in [0.2, 0.25) is 0 Å². The minimum Gasteiger partial charge on any atom is -0.488 e. The molecule has 23 heavy (non-hydrogen) atoms. The Morgan fingerprint density at radius 2 is 2.04 bits per heavy atom. The lowest BCUT2D eigenvalue weighted by Crippen LogP contribution is -2.37. The highest BCUT2D eigenvalue weighted by molar-refractivity contribution is 7.99. The molecule has 5 heteroatoms. The fraction of sp³-hybridized carbons (Fsp3) is 0.611. The van der Waals surface area contributed by atoms with Gasteiger partial charge in [-0.15, -0.1) is 0 Å². The molecule has 2 aliphatic rings. The summed E-state index contributed by atoms with van der Waals surface area (Å²) in [5, 5.41) is 10.3. The molecular weight excluding hydrogens is 332 g/mol. The maximum Gasteiger partial charge on any atom is 0.314 e. The molecule has 1 aliphatic carbocycles. The monoisotopic (exact) mass is 354 g/mol. The molecule has 0 aromatic heterocycles. The third kappa shape index (κ3) is 3.63. The van der Waals surface area contributed by atoms with Crippen LogP contribution >= 0.6 is 23.4 Å². The number of aliphatic carboxylic acids is 1. The predicted molar refractivity (Wildman–Crippen MR) is 94.8 cm³/mol. The number of benzene rings is 1. The molecule has 1 unspecified atom stereocenters. The van der Waals surface area contributed by atoms with Gasteiger partial charge in [0.25, 0.3) is 0 Å². The van der Waals surface area contributed by atoms with E-state index in [2.05, 4.69) is 0 Å². The van der Waals surface area contributed by atoms with Crippen molar-refractivity contribution in [3.63, 3.8) is 0 Å². The molecule has 0 amide bonds. The van der Waals surface area contributed by atoms with E-state index in [9.17, 15) is 9.90 Å². The first-order valence-electron chi connectivity index (χ1n) is 8.40. The normalized spacial score (nSPS) is 24.1. The van der Waals surface area contributed by atoms with Crippen LogP contribution in [-0.2, 0) is 10.2 Å². The van der Waals surface area contributed by atoms with E-state index < -0.39 is 11.4 Å². The Labute approximate surface area is 146 Å². The second-order valence-corrected chi connectivity index (χ2v) is 8.11. The van der Waals surface area contributed by atoms with E-state index in [1.165, 1.54) is 12.2 Å². The summed E-state index contributed by atoms with van der Waals surface area (Å²) >= 11 is 8.32. The molecule has 1 aromatic carbocycles. The van der Waals surface area contributed by atoms with Crippen molar-refractivity contribution in [3.05, 3.63) is 28.8 Å². The second kappa shape index (κ2) is 7.35. The van der Waals surface area contributed by atoms with Gasteiger partial charge in [0.15, 0.2) is 0 Å². The molecular formula is C18H23ClO3S. The van der Waals surface area contributed by atoms with Crippen LogP contribution in [-0.4, -0.2) is 28.7 Å². The first-order chi connectivity index (χ1) is 11.1. The molecule has 2 fully saturated rings. The first kappa shape index (κ1) is 17.0. The third-order valence-electron chi connectivity index (χ3n) is 5.01. The molecule has 1 aromatic rings. The number of thioether (sulfide) groups is 1. The average Bonchev–Trinajstić information content (AvgIpc) is 2.58. The molecule has 0 radical (unpaired) electrons. The zero-order valence-electron chi connectivity index (χ0n) is 13.2. The molecule has 3 nitrogen and oxygen atoms in total. The Morgan fingerprint density at radius 3 is 2.65 bits per heavy atom. The number of halogens is 1. The molecule has 1 heterocycles. The van der Waals surface area contributed by atoms with Crippen LogP contribution in [0.5, 0.6) is 5.75 Å². The Morgan fingerprint density at radius 1 is 1.26 bits per heavy atom. The standard InChI is InChI=1S/C18H23ClO3S/c19-15-11-13(18(17(20)21)8-2-1-3-9-18)6-7-16(15)22-14-5-4-10-23-12-14/h6-7,11,14H,1-5,8-10,12H2,(H,20,21). The molecule has 1 N–H and O–H groups in total. The SMILES string of the molecule is O=C(O)C1(c2ccc(OC3CCCSC3)c(Cl)c2)CCCCC1. The number of carboxylic acids is 1. The van der Waals surface area contributed by atoms with Crippen LogP contribution in [0.2, 0.25) is 5.02 Å². The summed E-state index contributed by atoms with van der Waals surface area (Å²) < 4.78 is 6.02. The van der Waals surface area contributed by atoms with Crippen molar-refractivity contribution < 1.29 is 14.6 Å². The lowest BCUT2D eigenvalue weighted by atomic mass is 9.69. The molecule has 126 valence electrons. The fourth-order valence-electron chi connectivity index (χ4n) is 3.66. The first-order valence-corrected chi connectivity index (χ1v) is 9.93. The summed E-state index contributed by atoms with van der Waals surface area (Å²) in [4.78, 5) is 11.9. The van der Waals surface area contributed by atoms with Crippen LogP contribution in [0, 0.1) is 0 Å². The Bertz CT molecular complexity index is 563. The number of rotatable bonds is 4. The minimum absolute atomic E-state index is 0.209. The zero-order chi connectivity index (χ0) is 16.3. The molecule has 0 bridgehead atoms. The Balaban J connectivity index is 1.81. The largest absolute Gasteiger partial charge is 0.488 e. The van der Waals surface area contributed by atoms with Crippen molar-refractivity contribution in [3.8, 4) is 5.75 Å². The highest BCUT2D eigenvalue weighted by Crippen LogP contribution is 2.42. The number of carboxylic acid groups (broad SMARTS) is 1. The van der Waals surface area contributed by atoms with Crippen molar-refractivity contribution in [2.45, 2.75) is 56.5 Å². The summed E-state index contributed by atoms with van der Waals surface area (Å²) in [6.07, 6.45) is 6.86. The number of carbonyl (C=O) groups is 1. The van der Waals surface area contributed by atoms with E-state index >= 15 is 0 Å². The van der Waals surface area contributed by atoms with E-state index in [1.807, 2.05) is 30.0 Å². The van der Waals surface area contributed by atoms with Gasteiger partial charge >= 0.3 is 5.97 Å². The van der Waals surface area contributed by atoms with Gasteiger partial charge in [0.05, 0.1) is 10.4 Å². The number of hydrogen-bond donors (Lipinski definition) is 1. The van der Waals surface area contributed by atoms with E-state index in [0.717, 1.165) is 37.0 Å². The van der Waals surface area contributed by atoms with Gasteiger partial charge < -0.3 is 9.84 Å². The number of ether oxygens (including phenoxy) is 1. The van der Waals surface area contributed by atoms with Crippen molar-refractivity contribution in [1.29, 1.82) is 0 Å². The van der Waals surface area contributed by atoms with Gasteiger partial charge in [-0.2, -0.15) is 11.8 Å². The van der Waals surface area contributed by atoms with Crippen LogP contribution < -0.4 is 4.74 Å². The maximum atomic E-state index is 11.9. The zero-order valence-corrected chi connectivity index (χ0v) is 14.8. The van der Waals surface area contributed by atoms with Gasteiger partial charge in [-0.05, 0) is 49.1 Å².